The minimum atomic E-state index is -0.701. The number of hydrogen-bond acceptors (Lipinski definition) is 6. The van der Waals surface area contributed by atoms with Crippen LogP contribution in [0, 0.1) is 6.92 Å². The first-order valence-corrected chi connectivity index (χ1v) is 9.44. The molecule has 1 aromatic carbocycles. The molecule has 1 fully saturated rings. The minimum Gasteiger partial charge on any atom is -0.390 e. The van der Waals surface area contributed by atoms with Gasteiger partial charge in [0.25, 0.3) is 5.91 Å². The molecule has 2 heterocycles. The quantitative estimate of drug-likeness (QED) is 0.827. The molecule has 2 amide bonds. The van der Waals surface area contributed by atoms with Crippen molar-refractivity contribution in [2.24, 2.45) is 0 Å². The normalized spacial score (nSPS) is 20.9. The predicted molar refractivity (Wildman–Crippen MR) is 101 cm³/mol. The van der Waals surface area contributed by atoms with Crippen LogP contribution in [-0.4, -0.2) is 77.6 Å². The molecular formula is C18H24N4O3S. The van der Waals surface area contributed by atoms with Crippen LogP contribution in [0.2, 0.25) is 0 Å². The third kappa shape index (κ3) is 4.20. The van der Waals surface area contributed by atoms with Crippen molar-refractivity contribution in [3.05, 3.63) is 28.8 Å². The van der Waals surface area contributed by atoms with Crippen LogP contribution in [0.15, 0.2) is 18.2 Å². The van der Waals surface area contributed by atoms with Crippen molar-refractivity contribution in [1.29, 1.82) is 0 Å². The molecule has 2 atom stereocenters. The van der Waals surface area contributed by atoms with Gasteiger partial charge in [0, 0.05) is 32.7 Å². The molecule has 2 N–H and O–H groups in total. The van der Waals surface area contributed by atoms with Gasteiger partial charge >= 0.3 is 0 Å². The van der Waals surface area contributed by atoms with Gasteiger partial charge in [-0.25, -0.2) is 4.98 Å². The maximum Gasteiger partial charge on any atom is 0.251 e. The number of piperidine rings is 1. The van der Waals surface area contributed by atoms with E-state index in [1.807, 2.05) is 17.9 Å². The standard InChI is InChI=1S/C18H24N4O3S/c1-11-19-14-8-12(4-5-16(14)26-11)18(25)20-13-6-7-22(9-15(13)23)10-17(24)21(2)3/h4-5,8,13,15,23H,6-7,9-10H2,1-3H3,(H,20,25)/t13-,15-/m1/s1. The molecule has 1 aliphatic rings. The summed E-state index contributed by atoms with van der Waals surface area (Å²) in [5.41, 5.74) is 1.36. The van der Waals surface area contributed by atoms with Gasteiger partial charge < -0.3 is 15.3 Å². The number of nitrogens with one attached hydrogen (secondary N) is 1. The highest BCUT2D eigenvalue weighted by molar-refractivity contribution is 7.18. The molecule has 3 rings (SSSR count). The van der Waals surface area contributed by atoms with Gasteiger partial charge in [0.15, 0.2) is 0 Å². The Labute approximate surface area is 156 Å². The van der Waals surface area contributed by atoms with E-state index >= 15 is 0 Å². The van der Waals surface area contributed by atoms with E-state index in [1.165, 1.54) is 4.90 Å². The van der Waals surface area contributed by atoms with Crippen LogP contribution >= 0.6 is 11.3 Å². The Kier molecular flexibility index (Phi) is 5.55. The van der Waals surface area contributed by atoms with E-state index in [-0.39, 0.29) is 24.4 Å². The number of thiazole rings is 1. The fourth-order valence-electron chi connectivity index (χ4n) is 3.08. The summed E-state index contributed by atoms with van der Waals surface area (Å²) in [6.07, 6.45) is -0.0982. The number of aromatic nitrogens is 1. The second kappa shape index (κ2) is 7.69. The average Bonchev–Trinajstić information content (AvgIpc) is 2.96. The van der Waals surface area contributed by atoms with Gasteiger partial charge in [0.1, 0.15) is 0 Å². The molecule has 0 spiro atoms. The first kappa shape index (κ1) is 18.8. The summed E-state index contributed by atoms with van der Waals surface area (Å²) in [5.74, 6) is -0.203. The molecule has 1 aromatic heterocycles. The highest BCUT2D eigenvalue weighted by atomic mass is 32.1. The molecule has 8 heteroatoms. The summed E-state index contributed by atoms with van der Waals surface area (Å²) in [7, 11) is 3.43. The fraction of sp³-hybridized carbons (Fsp3) is 0.500. The predicted octanol–water partition coefficient (Wildman–Crippen LogP) is 0.858. The monoisotopic (exact) mass is 376 g/mol. The lowest BCUT2D eigenvalue weighted by atomic mass is 10.0. The fourth-order valence-corrected chi connectivity index (χ4v) is 3.88. The second-order valence-electron chi connectivity index (χ2n) is 6.87. The molecule has 1 aliphatic heterocycles. The van der Waals surface area contributed by atoms with E-state index in [9.17, 15) is 14.7 Å². The SMILES string of the molecule is Cc1nc2cc(C(=O)N[C@@H]3CCN(CC(=O)N(C)C)C[C@H]3O)ccc2s1. The van der Waals surface area contributed by atoms with E-state index in [2.05, 4.69) is 10.3 Å². The van der Waals surface area contributed by atoms with Crippen molar-refractivity contribution in [3.63, 3.8) is 0 Å². The van der Waals surface area contributed by atoms with Gasteiger partial charge in [0.2, 0.25) is 5.91 Å². The zero-order chi connectivity index (χ0) is 18.8. The zero-order valence-corrected chi connectivity index (χ0v) is 16.0. The molecule has 0 aliphatic carbocycles. The number of amides is 2. The molecule has 140 valence electrons. The molecule has 0 unspecified atom stereocenters. The van der Waals surface area contributed by atoms with E-state index in [0.29, 0.717) is 25.1 Å². The van der Waals surface area contributed by atoms with Crippen LogP contribution in [0.3, 0.4) is 0 Å². The van der Waals surface area contributed by atoms with E-state index < -0.39 is 6.10 Å². The number of fused-ring (bicyclic) bond motifs is 1. The Bertz CT molecular complexity index is 820. The summed E-state index contributed by atoms with van der Waals surface area (Å²) < 4.78 is 1.05. The summed E-state index contributed by atoms with van der Waals surface area (Å²) in [4.78, 5) is 32.2. The number of hydrogen-bond donors (Lipinski definition) is 2. The number of β-amino-alcohol motifs (C(OH)–C–C–N with tert-alkyl or cyclic N) is 1. The highest BCUT2D eigenvalue weighted by Crippen LogP contribution is 2.22. The lowest BCUT2D eigenvalue weighted by molar-refractivity contribution is -0.130. The van der Waals surface area contributed by atoms with Crippen LogP contribution in [0.25, 0.3) is 10.2 Å². The molecule has 26 heavy (non-hydrogen) atoms. The van der Waals surface area contributed by atoms with Crippen LogP contribution < -0.4 is 5.32 Å². The lowest BCUT2D eigenvalue weighted by Gasteiger charge is -2.36. The molecule has 0 radical (unpaired) electrons. The Morgan fingerprint density at radius 2 is 2.19 bits per heavy atom. The number of aryl methyl sites for hydroxylation is 1. The summed E-state index contributed by atoms with van der Waals surface area (Å²) >= 11 is 1.60. The van der Waals surface area contributed by atoms with E-state index in [0.717, 1.165) is 15.2 Å². The Balaban J connectivity index is 1.60. The van der Waals surface area contributed by atoms with Crippen LogP contribution in [-0.2, 0) is 4.79 Å². The number of benzene rings is 1. The van der Waals surface area contributed by atoms with Crippen LogP contribution in [0.1, 0.15) is 21.8 Å². The highest BCUT2D eigenvalue weighted by Gasteiger charge is 2.30. The van der Waals surface area contributed by atoms with Crippen molar-refractivity contribution in [3.8, 4) is 0 Å². The van der Waals surface area contributed by atoms with Crippen LogP contribution in [0.4, 0.5) is 0 Å². The maximum absolute atomic E-state index is 12.5. The zero-order valence-electron chi connectivity index (χ0n) is 15.2. The molecule has 0 saturated carbocycles. The molecule has 2 aromatic rings. The van der Waals surface area contributed by atoms with Gasteiger partial charge in [0.05, 0.1) is 33.9 Å². The summed E-state index contributed by atoms with van der Waals surface area (Å²) in [6.45, 7) is 3.25. The average molecular weight is 376 g/mol. The second-order valence-corrected chi connectivity index (χ2v) is 8.11. The van der Waals surface area contributed by atoms with Gasteiger partial charge in [-0.05, 0) is 31.5 Å². The molecule has 7 nitrogen and oxygen atoms in total. The Morgan fingerprint density at radius 1 is 1.42 bits per heavy atom. The smallest absolute Gasteiger partial charge is 0.251 e. The number of carbonyl (C=O) groups is 2. The van der Waals surface area contributed by atoms with Gasteiger partial charge in [-0.1, -0.05) is 0 Å². The summed E-state index contributed by atoms with van der Waals surface area (Å²) in [6, 6.07) is 5.15. The lowest BCUT2D eigenvalue weighted by Crippen LogP contribution is -2.55. The molecule has 1 saturated heterocycles. The Hall–Kier alpha value is -2.03. The first-order valence-electron chi connectivity index (χ1n) is 8.62. The number of rotatable bonds is 4. The van der Waals surface area contributed by atoms with Crippen molar-refractivity contribution in [1.82, 2.24) is 20.1 Å². The number of aliphatic hydroxyl groups excluding tert-OH is 1. The number of nitrogens with zero attached hydrogens (tertiary/aromatic N) is 3. The minimum absolute atomic E-state index is 0.00606. The number of likely N-dealkylation sites (N-methyl/N-ethyl adjacent to an activating group) is 1. The van der Waals surface area contributed by atoms with Gasteiger partial charge in [-0.15, -0.1) is 11.3 Å². The van der Waals surface area contributed by atoms with E-state index in [1.54, 1.807) is 37.6 Å². The molecule has 0 bridgehead atoms. The molecular weight excluding hydrogens is 352 g/mol. The van der Waals surface area contributed by atoms with E-state index in [4.69, 9.17) is 0 Å². The largest absolute Gasteiger partial charge is 0.390 e. The first-order chi connectivity index (χ1) is 12.3. The number of aliphatic hydroxyl groups is 1. The van der Waals surface area contributed by atoms with Gasteiger partial charge in [-0.3, -0.25) is 14.5 Å². The van der Waals surface area contributed by atoms with Crippen molar-refractivity contribution in [2.75, 3.05) is 33.7 Å². The third-order valence-electron chi connectivity index (χ3n) is 4.60. The summed E-state index contributed by atoms with van der Waals surface area (Å²) in [5, 5.41) is 14.3. The topological polar surface area (TPSA) is 85.8 Å². The van der Waals surface area contributed by atoms with Crippen molar-refractivity contribution in [2.45, 2.75) is 25.5 Å². The maximum atomic E-state index is 12.5. The van der Waals surface area contributed by atoms with Crippen LogP contribution in [0.5, 0.6) is 0 Å². The van der Waals surface area contributed by atoms with Gasteiger partial charge in [-0.2, -0.15) is 0 Å². The number of carbonyl (C=O) groups excluding carboxylic acids is 2. The van der Waals surface area contributed by atoms with Crippen molar-refractivity contribution < 1.29 is 14.7 Å². The number of likely N-dealkylation sites (tertiary alicyclic amines) is 1. The third-order valence-corrected chi connectivity index (χ3v) is 5.55. The Morgan fingerprint density at radius 3 is 2.88 bits per heavy atom. The van der Waals surface area contributed by atoms with Crippen molar-refractivity contribution >= 4 is 33.4 Å².